The van der Waals surface area contributed by atoms with Gasteiger partial charge in [0.15, 0.2) is 0 Å². The molecule has 0 aromatic heterocycles. The van der Waals surface area contributed by atoms with Crippen molar-refractivity contribution in [3.8, 4) is 0 Å². The summed E-state index contributed by atoms with van der Waals surface area (Å²) in [6, 6.07) is 8.26. The highest BCUT2D eigenvalue weighted by Crippen LogP contribution is 2.33. The lowest BCUT2D eigenvalue weighted by Crippen LogP contribution is -2.06. The van der Waals surface area contributed by atoms with Gasteiger partial charge in [-0.2, -0.15) is 0 Å². The van der Waals surface area contributed by atoms with Gasteiger partial charge < -0.3 is 0 Å². The predicted molar refractivity (Wildman–Crippen MR) is 57.1 cm³/mol. The lowest BCUT2D eigenvalue weighted by molar-refractivity contribution is 1.24. The number of hydrogen-bond acceptors (Lipinski definition) is 0. The molecule has 0 amide bonds. The number of hydrogen-bond donors (Lipinski definition) is 0. The van der Waals surface area contributed by atoms with Crippen molar-refractivity contribution in [1.82, 2.24) is 0 Å². The maximum absolute atomic E-state index is 5.96. The van der Waals surface area contributed by atoms with Gasteiger partial charge in [-0.15, -0.1) is 22.2 Å². The van der Waals surface area contributed by atoms with E-state index in [1.54, 1.807) is 0 Å². The molecule has 62 valence electrons. The lowest BCUT2D eigenvalue weighted by Gasteiger charge is -2.09. The molecular formula is C9H8Cl2Si. The van der Waals surface area contributed by atoms with E-state index >= 15 is 0 Å². The Labute approximate surface area is 82.8 Å². The largest absolute Gasteiger partial charge is 0.247 e. The van der Waals surface area contributed by atoms with Gasteiger partial charge in [0.1, 0.15) is 0 Å². The molecule has 0 nitrogen and oxygen atoms in total. The summed E-state index contributed by atoms with van der Waals surface area (Å²) in [5.41, 5.74) is 2.87. The van der Waals surface area contributed by atoms with Crippen LogP contribution in [0.15, 0.2) is 30.3 Å². The SMILES string of the molecule is Cl[SiH](Cl)C1C=Cc2ccccc21. The quantitative estimate of drug-likeness (QED) is 0.499. The van der Waals surface area contributed by atoms with Crippen LogP contribution >= 0.6 is 22.2 Å². The van der Waals surface area contributed by atoms with E-state index < -0.39 is 7.42 Å². The average Bonchev–Trinajstić information content (AvgIpc) is 2.47. The van der Waals surface area contributed by atoms with E-state index in [0.717, 1.165) is 0 Å². The highest BCUT2D eigenvalue weighted by atomic mass is 35.7. The van der Waals surface area contributed by atoms with E-state index in [-0.39, 0.29) is 0 Å². The molecule has 0 saturated carbocycles. The smallest absolute Gasteiger partial charge is 0.149 e. The van der Waals surface area contributed by atoms with Crippen LogP contribution in [0, 0.1) is 0 Å². The monoisotopic (exact) mass is 214 g/mol. The third-order valence-electron chi connectivity index (χ3n) is 2.11. The van der Waals surface area contributed by atoms with Gasteiger partial charge in [0, 0.05) is 5.54 Å². The van der Waals surface area contributed by atoms with Gasteiger partial charge in [-0.1, -0.05) is 36.4 Å². The van der Waals surface area contributed by atoms with Crippen LogP contribution in [0.4, 0.5) is 0 Å². The summed E-state index contributed by atoms with van der Waals surface area (Å²) in [5.74, 6) is 0. The van der Waals surface area contributed by atoms with E-state index in [9.17, 15) is 0 Å². The molecule has 0 fully saturated rings. The van der Waals surface area contributed by atoms with E-state index in [0.29, 0.717) is 5.54 Å². The highest BCUT2D eigenvalue weighted by Gasteiger charge is 2.23. The van der Waals surface area contributed by atoms with Crippen molar-refractivity contribution in [1.29, 1.82) is 0 Å². The normalized spacial score (nSPS) is 20.1. The lowest BCUT2D eigenvalue weighted by atomic mass is 10.1. The number of rotatable bonds is 1. The minimum absolute atomic E-state index is 0.310. The zero-order chi connectivity index (χ0) is 8.55. The van der Waals surface area contributed by atoms with Crippen LogP contribution in [0.1, 0.15) is 16.7 Å². The topological polar surface area (TPSA) is 0 Å². The molecule has 1 unspecified atom stereocenters. The van der Waals surface area contributed by atoms with E-state index in [4.69, 9.17) is 22.2 Å². The van der Waals surface area contributed by atoms with Crippen molar-refractivity contribution < 1.29 is 0 Å². The summed E-state index contributed by atoms with van der Waals surface area (Å²) in [4.78, 5) is 0. The van der Waals surface area contributed by atoms with Gasteiger partial charge in [0.25, 0.3) is 0 Å². The number of allylic oxidation sites excluding steroid dienone is 1. The molecule has 1 aromatic carbocycles. The summed E-state index contributed by atoms with van der Waals surface area (Å²) in [6.07, 6.45) is 4.21. The van der Waals surface area contributed by atoms with Crippen LogP contribution < -0.4 is 0 Å². The Morgan fingerprint density at radius 1 is 1.17 bits per heavy atom. The molecule has 1 aromatic rings. The predicted octanol–water partition coefficient (Wildman–Crippen LogP) is 3.03. The van der Waals surface area contributed by atoms with Gasteiger partial charge in [-0.3, -0.25) is 0 Å². The standard InChI is InChI=1S/C9H8Cl2Si/c10-12(11)9-6-5-7-3-1-2-4-8(7)9/h1-6,9,12H. The second-order valence-electron chi connectivity index (χ2n) is 2.85. The zero-order valence-electron chi connectivity index (χ0n) is 6.37. The fourth-order valence-electron chi connectivity index (χ4n) is 1.50. The zero-order valence-corrected chi connectivity index (χ0v) is 9.04. The van der Waals surface area contributed by atoms with Crippen molar-refractivity contribution in [3.63, 3.8) is 0 Å². The average molecular weight is 215 g/mol. The van der Waals surface area contributed by atoms with Gasteiger partial charge in [-0.25, -0.2) is 0 Å². The molecule has 0 bridgehead atoms. The van der Waals surface area contributed by atoms with E-state index in [1.165, 1.54) is 11.1 Å². The Morgan fingerprint density at radius 3 is 2.67 bits per heavy atom. The second kappa shape index (κ2) is 3.25. The molecule has 1 aliphatic rings. The Kier molecular flexibility index (Phi) is 2.26. The van der Waals surface area contributed by atoms with Crippen LogP contribution in [-0.4, -0.2) is 7.42 Å². The summed E-state index contributed by atoms with van der Waals surface area (Å²) in [7, 11) is -1.60. The van der Waals surface area contributed by atoms with Crippen LogP contribution in [0.5, 0.6) is 0 Å². The van der Waals surface area contributed by atoms with Crippen LogP contribution in [0.2, 0.25) is 0 Å². The second-order valence-corrected chi connectivity index (χ2v) is 7.73. The molecule has 3 heteroatoms. The van der Waals surface area contributed by atoms with Crippen molar-refractivity contribution in [2.24, 2.45) is 0 Å². The van der Waals surface area contributed by atoms with Gasteiger partial charge in [-0.05, 0) is 11.1 Å². The molecule has 0 saturated heterocycles. The molecule has 1 atom stereocenters. The first-order valence-corrected chi connectivity index (χ1v) is 8.00. The molecule has 0 spiro atoms. The van der Waals surface area contributed by atoms with Gasteiger partial charge in [0.2, 0.25) is 7.42 Å². The Hall–Kier alpha value is -0.243. The Balaban J connectivity index is 2.42. The van der Waals surface area contributed by atoms with Crippen molar-refractivity contribution >= 4 is 35.7 Å². The highest BCUT2D eigenvalue weighted by molar-refractivity contribution is 7.34. The van der Waals surface area contributed by atoms with Crippen molar-refractivity contribution in [3.05, 3.63) is 41.5 Å². The molecule has 2 rings (SSSR count). The maximum atomic E-state index is 5.96. The van der Waals surface area contributed by atoms with Crippen LogP contribution in [0.3, 0.4) is 0 Å². The first-order chi connectivity index (χ1) is 5.79. The number of halogens is 2. The number of fused-ring (bicyclic) bond motifs is 1. The fraction of sp³-hybridized carbons (Fsp3) is 0.111. The summed E-state index contributed by atoms with van der Waals surface area (Å²) in [5, 5.41) is 0. The minimum Gasteiger partial charge on any atom is -0.149 e. The Bertz CT molecular complexity index is 320. The molecule has 0 N–H and O–H groups in total. The molecule has 0 heterocycles. The van der Waals surface area contributed by atoms with E-state index in [1.807, 2.05) is 12.1 Å². The molecule has 1 aliphatic carbocycles. The summed E-state index contributed by atoms with van der Waals surface area (Å²) >= 11 is 11.9. The van der Waals surface area contributed by atoms with Crippen LogP contribution in [-0.2, 0) is 0 Å². The third kappa shape index (κ3) is 1.33. The molecule has 0 aliphatic heterocycles. The summed E-state index contributed by atoms with van der Waals surface area (Å²) < 4.78 is 0. The molecular weight excluding hydrogens is 207 g/mol. The fourth-order valence-corrected chi connectivity index (χ4v) is 3.67. The maximum Gasteiger partial charge on any atom is 0.247 e. The van der Waals surface area contributed by atoms with Gasteiger partial charge in [0.05, 0.1) is 0 Å². The van der Waals surface area contributed by atoms with Crippen molar-refractivity contribution in [2.45, 2.75) is 5.54 Å². The van der Waals surface area contributed by atoms with Crippen LogP contribution in [0.25, 0.3) is 6.08 Å². The molecule has 12 heavy (non-hydrogen) atoms. The molecule has 0 radical (unpaired) electrons. The summed E-state index contributed by atoms with van der Waals surface area (Å²) in [6.45, 7) is 0. The first-order valence-electron chi connectivity index (χ1n) is 3.84. The van der Waals surface area contributed by atoms with Crippen molar-refractivity contribution in [2.75, 3.05) is 0 Å². The van der Waals surface area contributed by atoms with E-state index in [2.05, 4.69) is 24.3 Å². The first kappa shape index (κ1) is 8.36. The minimum atomic E-state index is -1.60. The van der Waals surface area contributed by atoms with Gasteiger partial charge >= 0.3 is 0 Å². The number of benzene rings is 1. The Morgan fingerprint density at radius 2 is 1.92 bits per heavy atom. The third-order valence-corrected chi connectivity index (χ3v) is 4.86.